The molecule has 2 aliphatic heterocycles. The molecule has 0 unspecified atom stereocenters. The van der Waals surface area contributed by atoms with Gasteiger partial charge in [-0.25, -0.2) is 4.79 Å². The standard InChI is InChI=1S/C22H26N2O5/c1-4-15-19(22(26)27-3)13(2)20(23-15)21(25)24-9-5-6-16(24)14-7-8-17-18(12-14)29-11-10-28-17/h7-8,12,16,23H,4-6,9-11H2,1-3H3/t16-/m1/s1. The molecule has 1 aromatic heterocycles. The van der Waals surface area contributed by atoms with Crippen LogP contribution in [0.2, 0.25) is 0 Å². The smallest absolute Gasteiger partial charge is 0.339 e. The van der Waals surface area contributed by atoms with E-state index in [9.17, 15) is 9.59 Å². The van der Waals surface area contributed by atoms with Gasteiger partial charge in [0.1, 0.15) is 18.9 Å². The lowest BCUT2D eigenvalue weighted by Gasteiger charge is -2.26. The number of aromatic nitrogens is 1. The highest BCUT2D eigenvalue weighted by Crippen LogP contribution is 2.39. The lowest BCUT2D eigenvalue weighted by molar-refractivity contribution is 0.0599. The van der Waals surface area contributed by atoms with Gasteiger partial charge in [0.15, 0.2) is 11.5 Å². The normalized spacial score (nSPS) is 18.0. The third kappa shape index (κ3) is 3.34. The predicted octanol–water partition coefficient (Wildman–Crippen LogP) is 3.42. The molecule has 3 heterocycles. The third-order valence-corrected chi connectivity index (χ3v) is 5.75. The first-order valence-corrected chi connectivity index (χ1v) is 10.0. The molecule has 29 heavy (non-hydrogen) atoms. The van der Waals surface area contributed by atoms with Crippen LogP contribution >= 0.6 is 0 Å². The minimum atomic E-state index is -0.417. The Morgan fingerprint density at radius 1 is 1.24 bits per heavy atom. The summed E-state index contributed by atoms with van der Waals surface area (Å²) in [6.07, 6.45) is 2.43. The molecule has 1 N–H and O–H groups in total. The zero-order valence-corrected chi connectivity index (χ0v) is 17.0. The largest absolute Gasteiger partial charge is 0.486 e. The minimum Gasteiger partial charge on any atom is -0.486 e. The van der Waals surface area contributed by atoms with Crippen LogP contribution in [0.15, 0.2) is 18.2 Å². The van der Waals surface area contributed by atoms with E-state index in [1.54, 1.807) is 6.92 Å². The molecular formula is C22H26N2O5. The van der Waals surface area contributed by atoms with Crippen molar-refractivity contribution in [2.45, 2.75) is 39.2 Å². The van der Waals surface area contributed by atoms with Crippen molar-refractivity contribution < 1.29 is 23.8 Å². The number of H-pyrrole nitrogens is 1. The molecule has 7 nitrogen and oxygen atoms in total. The summed E-state index contributed by atoms with van der Waals surface area (Å²) in [4.78, 5) is 30.7. The Bertz CT molecular complexity index is 949. The number of nitrogens with one attached hydrogen (secondary N) is 1. The molecule has 2 aromatic rings. The molecule has 1 amide bonds. The Hall–Kier alpha value is -2.96. The molecule has 1 fully saturated rings. The number of ether oxygens (including phenoxy) is 3. The third-order valence-electron chi connectivity index (χ3n) is 5.75. The summed E-state index contributed by atoms with van der Waals surface area (Å²) in [5.41, 5.74) is 3.34. The van der Waals surface area contributed by atoms with Crippen LogP contribution in [0.1, 0.15) is 63.5 Å². The molecule has 0 saturated carbocycles. The second-order valence-corrected chi connectivity index (χ2v) is 7.38. The number of rotatable bonds is 4. The van der Waals surface area contributed by atoms with Gasteiger partial charge < -0.3 is 24.1 Å². The summed E-state index contributed by atoms with van der Waals surface area (Å²) in [7, 11) is 1.36. The minimum absolute atomic E-state index is 0.0346. The zero-order chi connectivity index (χ0) is 20.5. The zero-order valence-electron chi connectivity index (χ0n) is 17.0. The second-order valence-electron chi connectivity index (χ2n) is 7.38. The van der Waals surface area contributed by atoms with Crippen LogP contribution < -0.4 is 9.47 Å². The van der Waals surface area contributed by atoms with Crippen LogP contribution in [0.3, 0.4) is 0 Å². The summed E-state index contributed by atoms with van der Waals surface area (Å²) >= 11 is 0. The topological polar surface area (TPSA) is 80.9 Å². The van der Waals surface area contributed by atoms with E-state index in [0.717, 1.165) is 35.6 Å². The maximum absolute atomic E-state index is 13.4. The van der Waals surface area contributed by atoms with Crippen LogP contribution in [-0.4, -0.2) is 48.6 Å². The number of aryl methyl sites for hydroxylation is 1. The fraction of sp³-hybridized carbons (Fsp3) is 0.455. The van der Waals surface area contributed by atoms with Gasteiger partial charge in [0, 0.05) is 12.2 Å². The van der Waals surface area contributed by atoms with E-state index < -0.39 is 5.97 Å². The van der Waals surface area contributed by atoms with Crippen molar-refractivity contribution in [1.29, 1.82) is 0 Å². The molecule has 2 aliphatic rings. The van der Waals surface area contributed by atoms with E-state index in [1.807, 2.05) is 30.0 Å². The summed E-state index contributed by atoms with van der Waals surface area (Å²) in [6.45, 7) is 5.49. The first kappa shape index (κ1) is 19.4. The van der Waals surface area contributed by atoms with Crippen LogP contribution in [-0.2, 0) is 11.2 Å². The number of fused-ring (bicyclic) bond motifs is 1. The van der Waals surface area contributed by atoms with E-state index >= 15 is 0 Å². The van der Waals surface area contributed by atoms with Gasteiger partial charge in [-0.15, -0.1) is 0 Å². The number of benzene rings is 1. The van der Waals surface area contributed by atoms with Gasteiger partial charge in [0.2, 0.25) is 0 Å². The quantitative estimate of drug-likeness (QED) is 0.798. The fourth-order valence-electron chi connectivity index (χ4n) is 4.28. The van der Waals surface area contributed by atoms with Gasteiger partial charge in [0.05, 0.1) is 18.7 Å². The number of amides is 1. The first-order valence-electron chi connectivity index (χ1n) is 10.0. The van der Waals surface area contributed by atoms with Crippen molar-refractivity contribution in [3.8, 4) is 11.5 Å². The molecule has 154 valence electrons. The van der Waals surface area contributed by atoms with Crippen LogP contribution in [0.25, 0.3) is 0 Å². The number of hydrogen-bond donors (Lipinski definition) is 1. The van der Waals surface area contributed by atoms with Crippen LogP contribution in [0.5, 0.6) is 11.5 Å². The van der Waals surface area contributed by atoms with Crippen molar-refractivity contribution >= 4 is 11.9 Å². The number of likely N-dealkylation sites (tertiary alicyclic amines) is 1. The highest BCUT2D eigenvalue weighted by atomic mass is 16.6. The molecule has 1 aromatic carbocycles. The number of hydrogen-bond acceptors (Lipinski definition) is 5. The van der Waals surface area contributed by atoms with E-state index in [1.165, 1.54) is 7.11 Å². The van der Waals surface area contributed by atoms with Crippen LogP contribution in [0.4, 0.5) is 0 Å². The van der Waals surface area contributed by atoms with Crippen molar-refractivity contribution in [2.75, 3.05) is 26.9 Å². The molecule has 0 spiro atoms. The average molecular weight is 398 g/mol. The van der Waals surface area contributed by atoms with Crippen molar-refractivity contribution in [1.82, 2.24) is 9.88 Å². The molecule has 0 bridgehead atoms. The SMILES string of the molecule is CCc1[nH]c(C(=O)N2CCC[C@@H]2c2ccc3c(c2)OCCO3)c(C)c1C(=O)OC. The van der Waals surface area contributed by atoms with Gasteiger partial charge in [-0.05, 0) is 49.4 Å². The molecule has 0 radical (unpaired) electrons. The number of esters is 1. The monoisotopic (exact) mass is 398 g/mol. The van der Waals surface area contributed by atoms with Gasteiger partial charge in [-0.1, -0.05) is 13.0 Å². The summed E-state index contributed by atoms with van der Waals surface area (Å²) in [5, 5.41) is 0. The van der Waals surface area contributed by atoms with Crippen molar-refractivity contribution in [2.24, 2.45) is 0 Å². The number of nitrogens with zero attached hydrogens (tertiary/aromatic N) is 1. The Morgan fingerprint density at radius 3 is 2.72 bits per heavy atom. The van der Waals surface area contributed by atoms with Crippen LogP contribution in [0, 0.1) is 6.92 Å². The Balaban J connectivity index is 1.65. The number of carbonyl (C=O) groups excluding carboxylic acids is 2. The Kier molecular flexibility index (Phi) is 5.22. The molecule has 1 atom stereocenters. The number of aromatic amines is 1. The summed E-state index contributed by atoms with van der Waals surface area (Å²) < 4.78 is 16.2. The summed E-state index contributed by atoms with van der Waals surface area (Å²) in [6, 6.07) is 5.86. The Labute approximate surface area is 169 Å². The first-order chi connectivity index (χ1) is 14.0. The van der Waals surface area contributed by atoms with Gasteiger partial charge >= 0.3 is 5.97 Å². The number of methoxy groups -OCH3 is 1. The van der Waals surface area contributed by atoms with E-state index in [-0.39, 0.29) is 11.9 Å². The lowest BCUT2D eigenvalue weighted by Crippen LogP contribution is -2.31. The fourth-order valence-corrected chi connectivity index (χ4v) is 4.28. The number of carbonyl (C=O) groups is 2. The lowest BCUT2D eigenvalue weighted by atomic mass is 10.0. The van der Waals surface area contributed by atoms with E-state index in [4.69, 9.17) is 14.2 Å². The average Bonchev–Trinajstić information content (AvgIpc) is 3.37. The van der Waals surface area contributed by atoms with Crippen molar-refractivity contribution in [3.63, 3.8) is 0 Å². The second kappa shape index (κ2) is 7.81. The summed E-state index contributed by atoms with van der Waals surface area (Å²) in [5.74, 6) is 0.959. The highest BCUT2D eigenvalue weighted by molar-refractivity contribution is 6.00. The highest BCUT2D eigenvalue weighted by Gasteiger charge is 2.34. The molecule has 1 saturated heterocycles. The molecular weight excluding hydrogens is 372 g/mol. The maximum Gasteiger partial charge on any atom is 0.339 e. The molecule has 0 aliphatic carbocycles. The molecule has 4 rings (SSSR count). The van der Waals surface area contributed by atoms with E-state index in [2.05, 4.69) is 4.98 Å². The van der Waals surface area contributed by atoms with E-state index in [0.29, 0.717) is 43.0 Å². The van der Waals surface area contributed by atoms with Gasteiger partial charge in [-0.3, -0.25) is 4.79 Å². The molecule has 7 heteroatoms. The predicted molar refractivity (Wildman–Crippen MR) is 107 cm³/mol. The van der Waals surface area contributed by atoms with Gasteiger partial charge in [-0.2, -0.15) is 0 Å². The maximum atomic E-state index is 13.4. The Morgan fingerprint density at radius 2 is 2.00 bits per heavy atom. The van der Waals surface area contributed by atoms with Crippen molar-refractivity contribution in [3.05, 3.63) is 46.3 Å². The van der Waals surface area contributed by atoms with Gasteiger partial charge in [0.25, 0.3) is 5.91 Å².